The van der Waals surface area contributed by atoms with Gasteiger partial charge in [-0.1, -0.05) is 110 Å². The molecule has 0 unspecified atom stereocenters. The number of benzene rings is 6. The highest BCUT2D eigenvalue weighted by Crippen LogP contribution is 2.38. The van der Waals surface area contributed by atoms with Gasteiger partial charge in [-0.15, -0.1) is 0 Å². The first-order valence-corrected chi connectivity index (χ1v) is 16.3. The molecule has 0 bridgehead atoms. The monoisotopic (exact) mass is 628 g/mol. The molecule has 2 heterocycles. The van der Waals surface area contributed by atoms with Gasteiger partial charge in [0.1, 0.15) is 0 Å². The van der Waals surface area contributed by atoms with E-state index in [9.17, 15) is 0 Å². The zero-order valence-electron chi connectivity index (χ0n) is 27.1. The molecule has 0 spiro atoms. The van der Waals surface area contributed by atoms with Gasteiger partial charge >= 0.3 is 0 Å². The van der Waals surface area contributed by atoms with Crippen molar-refractivity contribution >= 4 is 49.6 Å². The lowest BCUT2D eigenvalue weighted by Crippen LogP contribution is -2.04. The number of aliphatic imine (C=N–C) groups is 2. The average molecular weight is 629 g/mol. The highest BCUT2D eigenvalue weighted by molar-refractivity contribution is 6.25. The van der Waals surface area contributed by atoms with E-state index >= 15 is 0 Å². The van der Waals surface area contributed by atoms with Crippen molar-refractivity contribution in [2.24, 2.45) is 9.98 Å². The minimum Gasteiger partial charge on any atom is -0.265 e. The molecule has 0 aliphatic heterocycles. The third kappa shape index (κ3) is 5.81. The van der Waals surface area contributed by atoms with Crippen molar-refractivity contribution in [1.82, 2.24) is 9.97 Å². The minimum absolute atomic E-state index is 0.571. The van der Waals surface area contributed by atoms with Crippen LogP contribution in [0.15, 0.2) is 181 Å². The summed E-state index contributed by atoms with van der Waals surface area (Å²) in [6.45, 7) is 6.42. The Balaban J connectivity index is 1.21. The van der Waals surface area contributed by atoms with E-state index in [0.29, 0.717) is 11.5 Å². The van der Waals surface area contributed by atoms with Gasteiger partial charge in [0.2, 0.25) is 0 Å². The maximum atomic E-state index is 5.03. The number of amidine groups is 1. The number of aromatic nitrogens is 2. The van der Waals surface area contributed by atoms with E-state index in [1.165, 1.54) is 37.9 Å². The van der Waals surface area contributed by atoms with Gasteiger partial charge in [-0.05, 0) is 103 Å². The molecule has 4 heteroatoms. The van der Waals surface area contributed by atoms with Gasteiger partial charge in [0.05, 0.1) is 5.70 Å². The summed E-state index contributed by atoms with van der Waals surface area (Å²) < 4.78 is 0. The Kier molecular flexibility index (Phi) is 7.88. The van der Waals surface area contributed by atoms with Crippen LogP contribution in [0.4, 0.5) is 0 Å². The Morgan fingerprint density at radius 3 is 1.67 bits per heavy atom. The first-order chi connectivity index (χ1) is 24.1. The standard InChI is InChI=1S/C45H32N4/c1-30(32-20-24-46-25-21-32)48-45(33-22-26-47-27-23-33)49-31(2)37-12-3-4-13-38(37)36-11-9-10-34(28-36)35-18-19-43-41-16-6-5-14-39(41)40-15-7-8-17-42(40)44(43)29-35/h3-29H,2H2,1H3. The summed E-state index contributed by atoms with van der Waals surface area (Å²) in [6.07, 6.45) is 7.04. The van der Waals surface area contributed by atoms with Crippen LogP contribution in [0, 0.1) is 0 Å². The molecule has 0 N–H and O–H groups in total. The Bertz CT molecular complexity index is 2530. The average Bonchev–Trinajstić information content (AvgIpc) is 3.18. The molecule has 49 heavy (non-hydrogen) atoms. The summed E-state index contributed by atoms with van der Waals surface area (Å²) in [7, 11) is 0. The molecule has 2 aromatic heterocycles. The van der Waals surface area contributed by atoms with E-state index in [2.05, 4.69) is 126 Å². The smallest absolute Gasteiger partial charge is 0.160 e. The quantitative estimate of drug-likeness (QED) is 0.104. The zero-order chi connectivity index (χ0) is 33.2. The van der Waals surface area contributed by atoms with Crippen molar-refractivity contribution < 1.29 is 0 Å². The largest absolute Gasteiger partial charge is 0.265 e. The number of hydrogen-bond donors (Lipinski definition) is 0. The van der Waals surface area contributed by atoms with Crippen LogP contribution in [0.3, 0.4) is 0 Å². The van der Waals surface area contributed by atoms with Gasteiger partial charge in [-0.3, -0.25) is 9.97 Å². The molecule has 0 aliphatic carbocycles. The van der Waals surface area contributed by atoms with Crippen LogP contribution in [-0.2, 0) is 0 Å². The summed E-state index contributed by atoms with van der Waals surface area (Å²) in [6, 6.07) is 49.0. The third-order valence-electron chi connectivity index (χ3n) is 9.04. The van der Waals surface area contributed by atoms with Crippen molar-refractivity contribution in [3.63, 3.8) is 0 Å². The Labute approximate surface area is 285 Å². The zero-order valence-corrected chi connectivity index (χ0v) is 27.1. The second-order valence-corrected chi connectivity index (χ2v) is 12.0. The molecule has 8 aromatic rings. The van der Waals surface area contributed by atoms with E-state index < -0.39 is 0 Å². The van der Waals surface area contributed by atoms with Crippen LogP contribution in [-0.4, -0.2) is 21.5 Å². The SMILES string of the molecule is C=C(N=C(N=C(C)c1ccncc1)c1ccncc1)c1ccccc1-c1cccc(-c2ccc3c4ccccc4c4ccccc4c3c2)c1. The second kappa shape index (κ2) is 12.9. The molecule has 6 aromatic carbocycles. The summed E-state index contributed by atoms with van der Waals surface area (Å²) >= 11 is 0. The van der Waals surface area contributed by atoms with E-state index in [1.807, 2.05) is 37.3 Å². The Morgan fingerprint density at radius 2 is 1.00 bits per heavy atom. The molecule has 0 radical (unpaired) electrons. The number of nitrogens with zero attached hydrogens (tertiary/aromatic N) is 4. The number of fused-ring (bicyclic) bond motifs is 6. The van der Waals surface area contributed by atoms with E-state index in [-0.39, 0.29) is 0 Å². The molecule has 8 rings (SSSR count). The van der Waals surface area contributed by atoms with Crippen molar-refractivity contribution in [1.29, 1.82) is 0 Å². The third-order valence-corrected chi connectivity index (χ3v) is 9.04. The summed E-state index contributed by atoms with van der Waals surface area (Å²) in [5, 5.41) is 7.62. The molecule has 232 valence electrons. The molecular formula is C45H32N4. The van der Waals surface area contributed by atoms with Gasteiger partial charge in [0.25, 0.3) is 0 Å². The van der Waals surface area contributed by atoms with E-state index in [0.717, 1.165) is 39.1 Å². The predicted octanol–water partition coefficient (Wildman–Crippen LogP) is 11.2. The van der Waals surface area contributed by atoms with Crippen LogP contribution in [0.2, 0.25) is 0 Å². The Morgan fingerprint density at radius 1 is 0.469 bits per heavy atom. The molecule has 0 amide bonds. The maximum Gasteiger partial charge on any atom is 0.160 e. The van der Waals surface area contributed by atoms with Gasteiger partial charge in [0.15, 0.2) is 5.84 Å². The van der Waals surface area contributed by atoms with Gasteiger partial charge < -0.3 is 0 Å². The van der Waals surface area contributed by atoms with Crippen LogP contribution < -0.4 is 0 Å². The first kappa shape index (κ1) is 29.9. The molecule has 4 nitrogen and oxygen atoms in total. The fourth-order valence-corrected chi connectivity index (χ4v) is 6.60. The van der Waals surface area contributed by atoms with Crippen molar-refractivity contribution in [3.05, 3.63) is 188 Å². The Hall–Kier alpha value is -6.52. The molecular weight excluding hydrogens is 597 g/mol. The lowest BCUT2D eigenvalue weighted by atomic mass is 9.91. The second-order valence-electron chi connectivity index (χ2n) is 12.0. The number of hydrogen-bond acceptors (Lipinski definition) is 3. The van der Waals surface area contributed by atoms with Crippen molar-refractivity contribution in [3.8, 4) is 22.3 Å². The summed E-state index contributed by atoms with van der Waals surface area (Å²) in [5.74, 6) is 0.571. The normalized spacial score (nSPS) is 12.1. The molecule has 0 fully saturated rings. The summed E-state index contributed by atoms with van der Waals surface area (Å²) in [4.78, 5) is 18.3. The fraction of sp³-hybridized carbons (Fsp3) is 0.0222. The van der Waals surface area contributed by atoms with Gasteiger partial charge in [-0.2, -0.15) is 0 Å². The molecule has 0 aliphatic rings. The first-order valence-electron chi connectivity index (χ1n) is 16.3. The van der Waals surface area contributed by atoms with Crippen LogP contribution in [0.25, 0.3) is 60.3 Å². The number of pyridine rings is 2. The molecule has 0 saturated heterocycles. The number of rotatable bonds is 6. The van der Waals surface area contributed by atoms with E-state index in [1.54, 1.807) is 24.8 Å². The van der Waals surface area contributed by atoms with Crippen LogP contribution in [0.5, 0.6) is 0 Å². The van der Waals surface area contributed by atoms with Crippen molar-refractivity contribution in [2.75, 3.05) is 0 Å². The highest BCUT2D eigenvalue weighted by atomic mass is 14.9. The summed E-state index contributed by atoms with van der Waals surface area (Å²) in [5.41, 5.74) is 8.72. The molecule has 0 atom stereocenters. The highest BCUT2D eigenvalue weighted by Gasteiger charge is 2.13. The lowest BCUT2D eigenvalue weighted by Gasteiger charge is -2.14. The lowest BCUT2D eigenvalue weighted by molar-refractivity contribution is 1.31. The van der Waals surface area contributed by atoms with Gasteiger partial charge in [0, 0.05) is 41.6 Å². The molecule has 0 saturated carbocycles. The fourth-order valence-electron chi connectivity index (χ4n) is 6.60. The van der Waals surface area contributed by atoms with Crippen LogP contribution >= 0.6 is 0 Å². The topological polar surface area (TPSA) is 50.5 Å². The maximum absolute atomic E-state index is 5.03. The van der Waals surface area contributed by atoms with Crippen molar-refractivity contribution in [2.45, 2.75) is 6.92 Å². The van der Waals surface area contributed by atoms with Gasteiger partial charge in [-0.25, -0.2) is 9.98 Å². The predicted molar refractivity (Wildman–Crippen MR) is 206 cm³/mol. The van der Waals surface area contributed by atoms with E-state index in [4.69, 9.17) is 9.98 Å². The van der Waals surface area contributed by atoms with Crippen LogP contribution in [0.1, 0.15) is 23.6 Å². The minimum atomic E-state index is 0.571.